The van der Waals surface area contributed by atoms with Crippen LogP contribution in [0.15, 0.2) is 34.0 Å². The van der Waals surface area contributed by atoms with E-state index >= 15 is 0 Å². The van der Waals surface area contributed by atoms with Gasteiger partial charge < -0.3 is 20.3 Å². The molecule has 0 unspecified atom stereocenters. The number of rotatable bonds is 4. The number of nitrogens with zero attached hydrogens (tertiary/aromatic N) is 1. The molecule has 29 heavy (non-hydrogen) atoms. The number of H-pyrrole nitrogens is 1. The Kier molecular flexibility index (Phi) is 5.91. The third-order valence-electron chi connectivity index (χ3n) is 4.70. The lowest BCUT2D eigenvalue weighted by atomic mass is 9.97. The van der Waals surface area contributed by atoms with E-state index in [0.717, 1.165) is 16.7 Å². The Morgan fingerprint density at radius 3 is 2.69 bits per heavy atom. The number of aliphatic hydroxyl groups is 2. The van der Waals surface area contributed by atoms with Crippen LogP contribution in [0, 0.1) is 18.6 Å². The molecule has 156 valence electrons. The van der Waals surface area contributed by atoms with E-state index in [-0.39, 0.29) is 24.3 Å². The molecule has 1 aromatic heterocycles. The van der Waals surface area contributed by atoms with Crippen molar-refractivity contribution in [2.45, 2.75) is 37.8 Å². The Morgan fingerprint density at radius 1 is 1.28 bits per heavy atom. The second-order valence-electron chi connectivity index (χ2n) is 6.79. The highest BCUT2D eigenvalue weighted by Gasteiger charge is 2.39. The van der Waals surface area contributed by atoms with Crippen LogP contribution in [-0.4, -0.2) is 56.6 Å². The number of nitrogens with one attached hydrogen (secondary N) is 2. The van der Waals surface area contributed by atoms with Gasteiger partial charge in [-0.2, -0.15) is 0 Å². The smallest absolute Gasteiger partial charge is 0.328 e. The highest BCUT2D eigenvalue weighted by atomic mass is 19.2. The maximum absolute atomic E-state index is 13.3. The Bertz CT molecular complexity index is 1040. The van der Waals surface area contributed by atoms with Gasteiger partial charge in [0.25, 0.3) is 11.5 Å². The molecular formula is C18H19F2N3O6. The van der Waals surface area contributed by atoms with Gasteiger partial charge in [0.05, 0.1) is 19.2 Å². The number of hydrogen-bond acceptors (Lipinski definition) is 6. The van der Waals surface area contributed by atoms with E-state index in [0.29, 0.717) is 6.07 Å². The zero-order chi connectivity index (χ0) is 21.3. The number of amides is 1. The minimum atomic E-state index is -1.46. The topological polar surface area (TPSA) is 134 Å². The first kappa shape index (κ1) is 20.8. The molecule has 3 rings (SSSR count). The molecule has 1 fully saturated rings. The molecule has 2 aromatic rings. The van der Waals surface area contributed by atoms with Crippen molar-refractivity contribution < 1.29 is 28.5 Å². The van der Waals surface area contributed by atoms with Crippen molar-refractivity contribution in [3.05, 3.63) is 68.0 Å². The maximum atomic E-state index is 13.3. The summed E-state index contributed by atoms with van der Waals surface area (Å²) in [6.45, 7) is 1.17. The minimum Gasteiger partial charge on any atom is -0.388 e. The minimum absolute atomic E-state index is 0.140. The summed E-state index contributed by atoms with van der Waals surface area (Å²) in [5, 5.41) is 23.0. The Labute approximate surface area is 162 Å². The number of carbonyl (C=O) groups is 1. The van der Waals surface area contributed by atoms with Crippen LogP contribution in [0.25, 0.3) is 0 Å². The van der Waals surface area contributed by atoms with Crippen molar-refractivity contribution in [3.8, 4) is 0 Å². The fourth-order valence-corrected chi connectivity index (χ4v) is 3.01. The van der Waals surface area contributed by atoms with Crippen LogP contribution in [0.4, 0.5) is 8.78 Å². The first-order valence-electron chi connectivity index (χ1n) is 8.71. The summed E-state index contributed by atoms with van der Waals surface area (Å²) in [5.74, 6) is -3.08. The van der Waals surface area contributed by atoms with Crippen LogP contribution in [0.5, 0.6) is 0 Å². The Morgan fingerprint density at radius 2 is 2.00 bits per heavy atom. The largest absolute Gasteiger partial charge is 0.388 e. The molecular weight excluding hydrogens is 392 g/mol. The van der Waals surface area contributed by atoms with E-state index in [1.807, 2.05) is 0 Å². The monoisotopic (exact) mass is 411 g/mol. The number of hydrogen-bond donors (Lipinski definition) is 4. The molecule has 0 bridgehead atoms. The number of carbonyl (C=O) groups excluding carboxylic acids is 1. The van der Waals surface area contributed by atoms with Gasteiger partial charge in [-0.05, 0) is 25.1 Å². The summed E-state index contributed by atoms with van der Waals surface area (Å²) in [4.78, 5) is 37.6. The van der Waals surface area contributed by atoms with Crippen LogP contribution in [0.3, 0.4) is 0 Å². The standard InChI is InChI=1S/C18H19F2N3O6/c1-8-5-23(18(28)22-16(8)26)6-13-15(25)14(24)12(7-29-13)21-17(27)9-2-3-10(19)11(20)4-9/h2-5,12-15,24-25H,6-7H2,1H3,(H,21,27)(H,22,26,28)/t12-,13-,14+,15-/m1/s1. The molecule has 1 aromatic carbocycles. The first-order valence-corrected chi connectivity index (χ1v) is 8.71. The molecule has 0 saturated carbocycles. The van der Waals surface area contributed by atoms with Gasteiger partial charge in [-0.1, -0.05) is 0 Å². The lowest BCUT2D eigenvalue weighted by Gasteiger charge is -2.38. The Balaban J connectivity index is 1.67. The summed E-state index contributed by atoms with van der Waals surface area (Å²) < 4.78 is 32.9. The number of aryl methyl sites for hydroxylation is 1. The molecule has 11 heteroatoms. The lowest BCUT2D eigenvalue weighted by Crippen LogP contribution is -2.60. The van der Waals surface area contributed by atoms with Gasteiger partial charge >= 0.3 is 5.69 Å². The van der Waals surface area contributed by atoms with Crippen molar-refractivity contribution in [2.75, 3.05) is 6.61 Å². The van der Waals surface area contributed by atoms with Crippen molar-refractivity contribution in [2.24, 2.45) is 0 Å². The molecule has 4 atom stereocenters. The van der Waals surface area contributed by atoms with Gasteiger partial charge in [-0.25, -0.2) is 13.6 Å². The average molecular weight is 411 g/mol. The summed E-state index contributed by atoms with van der Waals surface area (Å²) in [6, 6.07) is 1.57. The van der Waals surface area contributed by atoms with Crippen LogP contribution in [0.2, 0.25) is 0 Å². The van der Waals surface area contributed by atoms with Crippen molar-refractivity contribution in [1.82, 2.24) is 14.9 Å². The van der Waals surface area contributed by atoms with Crippen LogP contribution >= 0.6 is 0 Å². The molecule has 1 saturated heterocycles. The summed E-state index contributed by atoms with van der Waals surface area (Å²) in [6.07, 6.45) is -2.58. The predicted molar refractivity (Wildman–Crippen MR) is 95.4 cm³/mol. The highest BCUT2D eigenvalue weighted by molar-refractivity contribution is 5.94. The van der Waals surface area contributed by atoms with E-state index < -0.39 is 53.1 Å². The molecule has 4 N–H and O–H groups in total. The molecule has 0 spiro atoms. The molecule has 1 amide bonds. The van der Waals surface area contributed by atoms with Crippen LogP contribution in [0.1, 0.15) is 15.9 Å². The third kappa shape index (κ3) is 4.42. The van der Waals surface area contributed by atoms with E-state index in [4.69, 9.17) is 4.74 Å². The van der Waals surface area contributed by atoms with Crippen LogP contribution in [-0.2, 0) is 11.3 Å². The van der Waals surface area contributed by atoms with Gasteiger partial charge in [0.1, 0.15) is 18.3 Å². The van der Waals surface area contributed by atoms with Gasteiger partial charge in [-0.3, -0.25) is 19.1 Å². The summed E-state index contributed by atoms with van der Waals surface area (Å²) >= 11 is 0. The maximum Gasteiger partial charge on any atom is 0.328 e. The molecule has 0 aliphatic carbocycles. The fraction of sp³-hybridized carbons (Fsp3) is 0.389. The van der Waals surface area contributed by atoms with Gasteiger partial charge in [-0.15, -0.1) is 0 Å². The quantitative estimate of drug-likeness (QED) is 0.512. The average Bonchev–Trinajstić information content (AvgIpc) is 2.67. The second kappa shape index (κ2) is 8.23. The SMILES string of the molecule is Cc1cn(C[C@H]2OC[C@@H](NC(=O)c3ccc(F)c(F)c3)[C@H](O)[C@@H]2O)c(=O)[nH]c1=O. The van der Waals surface area contributed by atoms with Gasteiger partial charge in [0, 0.05) is 17.3 Å². The van der Waals surface area contributed by atoms with E-state index in [1.54, 1.807) is 0 Å². The van der Waals surface area contributed by atoms with Gasteiger partial charge in [0.15, 0.2) is 11.6 Å². The van der Waals surface area contributed by atoms with Gasteiger partial charge in [0.2, 0.25) is 0 Å². The normalized spacial score (nSPS) is 24.3. The Hall–Kier alpha value is -2.89. The number of ether oxygens (including phenoxy) is 1. The molecule has 2 heterocycles. The number of halogens is 2. The summed E-state index contributed by atoms with van der Waals surface area (Å²) in [5.41, 5.74) is -1.11. The zero-order valence-corrected chi connectivity index (χ0v) is 15.3. The second-order valence-corrected chi connectivity index (χ2v) is 6.79. The van der Waals surface area contributed by atoms with Crippen molar-refractivity contribution in [1.29, 1.82) is 0 Å². The van der Waals surface area contributed by atoms with E-state index in [1.165, 1.54) is 13.1 Å². The molecule has 9 nitrogen and oxygen atoms in total. The number of aromatic amines is 1. The lowest BCUT2D eigenvalue weighted by molar-refractivity contribution is -0.152. The number of benzene rings is 1. The molecule has 1 aliphatic heterocycles. The summed E-state index contributed by atoms with van der Waals surface area (Å²) in [7, 11) is 0. The van der Waals surface area contributed by atoms with Crippen molar-refractivity contribution in [3.63, 3.8) is 0 Å². The third-order valence-corrected chi connectivity index (χ3v) is 4.70. The molecule has 0 radical (unpaired) electrons. The number of aromatic nitrogens is 2. The zero-order valence-electron chi connectivity index (χ0n) is 15.3. The molecule has 1 aliphatic rings. The van der Waals surface area contributed by atoms with Crippen LogP contribution < -0.4 is 16.6 Å². The highest BCUT2D eigenvalue weighted by Crippen LogP contribution is 2.18. The number of aliphatic hydroxyl groups excluding tert-OH is 2. The predicted octanol–water partition coefficient (Wildman–Crippen LogP) is -0.958. The van der Waals surface area contributed by atoms with E-state index in [2.05, 4.69) is 10.3 Å². The van der Waals surface area contributed by atoms with E-state index in [9.17, 15) is 33.4 Å². The fourth-order valence-electron chi connectivity index (χ4n) is 3.01. The first-order chi connectivity index (χ1) is 13.7. The van der Waals surface area contributed by atoms with Crippen molar-refractivity contribution >= 4 is 5.91 Å².